The molecule has 1 aliphatic rings. The molecule has 0 aromatic heterocycles. The monoisotopic (exact) mass is 520 g/mol. The van der Waals surface area contributed by atoms with Gasteiger partial charge < -0.3 is 14.2 Å². The molecule has 3 aromatic carbocycles. The molecule has 1 saturated carbocycles. The van der Waals surface area contributed by atoms with E-state index in [1.165, 1.54) is 24.3 Å². The van der Waals surface area contributed by atoms with Crippen molar-refractivity contribution in [3.63, 3.8) is 0 Å². The molecule has 0 unspecified atom stereocenters. The van der Waals surface area contributed by atoms with Gasteiger partial charge in [-0.3, -0.25) is 0 Å². The van der Waals surface area contributed by atoms with Gasteiger partial charge in [-0.1, -0.05) is 12.1 Å². The van der Waals surface area contributed by atoms with Crippen LogP contribution < -0.4 is 14.2 Å². The predicted molar refractivity (Wildman–Crippen MR) is 130 cm³/mol. The zero-order valence-electron chi connectivity index (χ0n) is 20.8. The lowest BCUT2D eigenvalue weighted by Gasteiger charge is -2.29. The lowest BCUT2D eigenvalue weighted by molar-refractivity contribution is 0.287. The average Bonchev–Trinajstić information content (AvgIpc) is 2.90. The minimum Gasteiger partial charge on any atom is -0.491 e. The number of hydrogen-bond acceptors (Lipinski definition) is 3. The number of benzene rings is 3. The van der Waals surface area contributed by atoms with Crippen molar-refractivity contribution < 1.29 is 36.2 Å². The summed E-state index contributed by atoms with van der Waals surface area (Å²) in [5, 5.41) is 0. The summed E-state index contributed by atoms with van der Waals surface area (Å²) in [5.41, 5.74) is 0.825. The number of halogens is 5. The van der Waals surface area contributed by atoms with E-state index < -0.39 is 29.1 Å². The first-order chi connectivity index (χ1) is 17.8. The molecular formula is C29H29F5O3. The Morgan fingerprint density at radius 3 is 1.76 bits per heavy atom. The smallest absolute Gasteiger partial charge is 0.201 e. The lowest BCUT2D eigenvalue weighted by Crippen LogP contribution is -2.15. The van der Waals surface area contributed by atoms with Crippen LogP contribution in [0.25, 0.3) is 0 Å². The SMILES string of the molecule is CCOc1ccc(COc2ccc(C3CCC(c4ccc(OCC)c(F)c4F)CC3)c(F)c2)c(F)c1F. The third-order valence-corrected chi connectivity index (χ3v) is 6.78. The molecule has 3 aromatic rings. The fourth-order valence-electron chi connectivity index (χ4n) is 4.88. The van der Waals surface area contributed by atoms with Crippen molar-refractivity contribution in [1.29, 1.82) is 0 Å². The summed E-state index contributed by atoms with van der Waals surface area (Å²) in [6.45, 7) is 3.54. The van der Waals surface area contributed by atoms with Crippen LogP contribution in [0.15, 0.2) is 42.5 Å². The highest BCUT2D eigenvalue weighted by atomic mass is 19.2. The summed E-state index contributed by atoms with van der Waals surface area (Å²) in [6, 6.07) is 10.2. The van der Waals surface area contributed by atoms with Crippen molar-refractivity contribution in [3.8, 4) is 17.2 Å². The quantitative estimate of drug-likeness (QED) is 0.266. The predicted octanol–water partition coefficient (Wildman–Crippen LogP) is 8.20. The van der Waals surface area contributed by atoms with Crippen LogP contribution in [-0.2, 0) is 6.61 Å². The van der Waals surface area contributed by atoms with Crippen LogP contribution in [0.4, 0.5) is 22.0 Å². The zero-order chi connectivity index (χ0) is 26.5. The first-order valence-electron chi connectivity index (χ1n) is 12.5. The van der Waals surface area contributed by atoms with E-state index in [1.807, 2.05) is 0 Å². The van der Waals surface area contributed by atoms with E-state index in [9.17, 15) is 22.0 Å². The first kappa shape index (κ1) is 26.8. The highest BCUT2D eigenvalue weighted by Crippen LogP contribution is 2.43. The Labute approximate surface area is 213 Å². The Morgan fingerprint density at radius 2 is 1.16 bits per heavy atom. The Morgan fingerprint density at radius 1 is 0.622 bits per heavy atom. The summed E-state index contributed by atoms with van der Waals surface area (Å²) in [6.07, 6.45) is 2.42. The van der Waals surface area contributed by atoms with Crippen LogP contribution >= 0.6 is 0 Å². The van der Waals surface area contributed by atoms with E-state index in [0.717, 1.165) is 0 Å². The second-order valence-electron chi connectivity index (χ2n) is 9.02. The molecule has 4 rings (SSSR count). The maximum absolute atomic E-state index is 14.9. The summed E-state index contributed by atoms with van der Waals surface area (Å²) in [5.74, 6) is -4.79. The lowest BCUT2D eigenvalue weighted by atomic mass is 9.76. The third-order valence-electron chi connectivity index (χ3n) is 6.78. The minimum absolute atomic E-state index is 0.0123. The molecule has 0 amide bonds. The average molecular weight is 521 g/mol. The second kappa shape index (κ2) is 11.8. The van der Waals surface area contributed by atoms with Gasteiger partial charge in [0.1, 0.15) is 18.2 Å². The molecule has 0 N–H and O–H groups in total. The molecule has 0 bridgehead atoms. The van der Waals surface area contributed by atoms with Gasteiger partial charge in [0.2, 0.25) is 11.6 Å². The molecule has 0 atom stereocenters. The molecule has 0 aliphatic heterocycles. The topological polar surface area (TPSA) is 27.7 Å². The van der Waals surface area contributed by atoms with Crippen molar-refractivity contribution in [1.82, 2.24) is 0 Å². The van der Waals surface area contributed by atoms with Gasteiger partial charge >= 0.3 is 0 Å². The molecule has 1 fully saturated rings. The standard InChI is InChI=1S/C29H29F5O3/c1-3-35-24-13-9-19(26(31)28(24)33)16-37-20-10-11-21(23(30)15-20)17-5-7-18(8-6-17)22-12-14-25(36-4-2)29(34)27(22)32/h9-15,17-18H,3-8,16H2,1-2H3. The maximum Gasteiger partial charge on any atom is 0.201 e. The largest absolute Gasteiger partial charge is 0.491 e. The highest BCUT2D eigenvalue weighted by molar-refractivity contribution is 5.36. The van der Waals surface area contributed by atoms with Gasteiger partial charge in [-0.15, -0.1) is 0 Å². The Balaban J connectivity index is 1.38. The second-order valence-corrected chi connectivity index (χ2v) is 9.02. The molecule has 8 heteroatoms. The van der Waals surface area contributed by atoms with Crippen molar-refractivity contribution in [2.24, 2.45) is 0 Å². The normalized spacial score (nSPS) is 17.5. The summed E-state index contributed by atoms with van der Waals surface area (Å²) < 4.78 is 87.8. The number of rotatable bonds is 9. The Bertz CT molecular complexity index is 1240. The molecule has 0 heterocycles. The number of hydrogen-bond donors (Lipinski definition) is 0. The van der Waals surface area contributed by atoms with E-state index in [4.69, 9.17) is 14.2 Å². The minimum atomic E-state index is -1.09. The molecular weight excluding hydrogens is 491 g/mol. The van der Waals surface area contributed by atoms with Crippen LogP contribution in [0.3, 0.4) is 0 Å². The van der Waals surface area contributed by atoms with Crippen LogP contribution in [0.2, 0.25) is 0 Å². The van der Waals surface area contributed by atoms with Crippen LogP contribution in [0.5, 0.6) is 17.2 Å². The van der Waals surface area contributed by atoms with Gasteiger partial charge in [-0.25, -0.2) is 13.2 Å². The van der Waals surface area contributed by atoms with E-state index >= 15 is 0 Å². The zero-order valence-corrected chi connectivity index (χ0v) is 20.8. The van der Waals surface area contributed by atoms with Gasteiger partial charge in [0, 0.05) is 11.6 Å². The van der Waals surface area contributed by atoms with Gasteiger partial charge in [0.25, 0.3) is 0 Å². The fourth-order valence-corrected chi connectivity index (χ4v) is 4.88. The van der Waals surface area contributed by atoms with Crippen LogP contribution in [-0.4, -0.2) is 13.2 Å². The molecule has 3 nitrogen and oxygen atoms in total. The van der Waals surface area contributed by atoms with Gasteiger partial charge in [0.15, 0.2) is 23.1 Å². The highest BCUT2D eigenvalue weighted by Gasteiger charge is 2.28. The van der Waals surface area contributed by atoms with Crippen molar-refractivity contribution in [2.75, 3.05) is 13.2 Å². The van der Waals surface area contributed by atoms with Crippen LogP contribution in [0.1, 0.15) is 68.1 Å². The van der Waals surface area contributed by atoms with Gasteiger partial charge in [-0.2, -0.15) is 8.78 Å². The summed E-state index contributed by atoms with van der Waals surface area (Å²) in [4.78, 5) is 0. The summed E-state index contributed by atoms with van der Waals surface area (Å²) >= 11 is 0. The first-order valence-corrected chi connectivity index (χ1v) is 12.5. The number of ether oxygens (including phenoxy) is 3. The molecule has 0 spiro atoms. The van der Waals surface area contributed by atoms with Gasteiger partial charge in [0.05, 0.1) is 13.2 Å². The van der Waals surface area contributed by atoms with E-state index in [2.05, 4.69) is 0 Å². The van der Waals surface area contributed by atoms with Gasteiger partial charge in [-0.05, 0) is 86.8 Å². The molecule has 37 heavy (non-hydrogen) atoms. The van der Waals surface area contributed by atoms with E-state index in [-0.39, 0.29) is 54.5 Å². The maximum atomic E-state index is 14.9. The van der Waals surface area contributed by atoms with Crippen molar-refractivity contribution >= 4 is 0 Å². The van der Waals surface area contributed by atoms with Crippen LogP contribution in [0, 0.1) is 29.1 Å². The van der Waals surface area contributed by atoms with E-state index in [1.54, 1.807) is 32.0 Å². The Kier molecular flexibility index (Phi) is 8.56. The van der Waals surface area contributed by atoms with Crippen molar-refractivity contribution in [2.45, 2.75) is 58.0 Å². The molecule has 1 aliphatic carbocycles. The third kappa shape index (κ3) is 5.84. The van der Waals surface area contributed by atoms with Crippen molar-refractivity contribution in [3.05, 3.63) is 88.2 Å². The fraction of sp³-hybridized carbons (Fsp3) is 0.379. The molecule has 0 radical (unpaired) electrons. The Hall–Kier alpha value is -3.29. The van der Waals surface area contributed by atoms with E-state index in [0.29, 0.717) is 36.8 Å². The molecule has 0 saturated heterocycles. The summed E-state index contributed by atoms with van der Waals surface area (Å²) in [7, 11) is 0. The molecule has 198 valence electrons.